The number of aryl methyl sites for hydroxylation is 1. The lowest BCUT2D eigenvalue weighted by Crippen LogP contribution is -2.46. The van der Waals surface area contributed by atoms with Gasteiger partial charge in [0.15, 0.2) is 0 Å². The minimum absolute atomic E-state index is 0.370. The Labute approximate surface area is 114 Å². The first-order valence-corrected chi connectivity index (χ1v) is 8.22. The summed E-state index contributed by atoms with van der Waals surface area (Å²) in [5.41, 5.74) is 0.496. The molecule has 0 N–H and O–H groups in total. The average Bonchev–Trinajstić information content (AvgIpc) is 3.01. The van der Waals surface area contributed by atoms with Gasteiger partial charge in [0.25, 0.3) is 0 Å². The van der Waals surface area contributed by atoms with Gasteiger partial charge in [-0.15, -0.1) is 0 Å². The van der Waals surface area contributed by atoms with Crippen LogP contribution in [0.1, 0.15) is 31.2 Å². The fourth-order valence-corrected chi connectivity index (χ4v) is 4.86. The van der Waals surface area contributed by atoms with Gasteiger partial charge in [0.2, 0.25) is 10.0 Å². The van der Waals surface area contributed by atoms with Crippen molar-refractivity contribution in [3.05, 3.63) is 29.8 Å². The number of benzene rings is 1. The van der Waals surface area contributed by atoms with Crippen LogP contribution in [0.15, 0.2) is 29.2 Å². The molecule has 2 aliphatic heterocycles. The number of rotatable bonds is 2. The fraction of sp³-hybridized carbons (Fsp3) is 0.571. The van der Waals surface area contributed by atoms with E-state index in [4.69, 9.17) is 4.74 Å². The van der Waals surface area contributed by atoms with Crippen LogP contribution in [-0.4, -0.2) is 31.6 Å². The van der Waals surface area contributed by atoms with Crippen LogP contribution in [0.2, 0.25) is 0 Å². The molecule has 0 saturated carbocycles. The smallest absolute Gasteiger partial charge is 0.245 e. The van der Waals surface area contributed by atoms with Gasteiger partial charge in [0.05, 0.1) is 4.90 Å². The van der Waals surface area contributed by atoms with E-state index in [-0.39, 0.29) is 0 Å². The standard InChI is InChI=1S/C14H19NO3S/c1-12-4-6-13(7-5-12)19(16,17)15-10-2-8-14(15)9-3-11-18-14/h4-7H,2-3,8-11H2,1H3. The van der Waals surface area contributed by atoms with E-state index in [0.717, 1.165) is 31.2 Å². The van der Waals surface area contributed by atoms with Crippen LogP contribution in [0.5, 0.6) is 0 Å². The van der Waals surface area contributed by atoms with Gasteiger partial charge in [0, 0.05) is 13.2 Å². The van der Waals surface area contributed by atoms with Crippen LogP contribution in [0.4, 0.5) is 0 Å². The lowest BCUT2D eigenvalue weighted by atomic mass is 10.1. The molecular weight excluding hydrogens is 262 g/mol. The first-order valence-electron chi connectivity index (χ1n) is 6.78. The maximum Gasteiger partial charge on any atom is 0.245 e. The topological polar surface area (TPSA) is 46.6 Å². The van der Waals surface area contributed by atoms with Gasteiger partial charge in [-0.2, -0.15) is 4.31 Å². The number of hydrogen-bond acceptors (Lipinski definition) is 3. The first-order chi connectivity index (χ1) is 9.05. The molecule has 0 radical (unpaired) electrons. The second kappa shape index (κ2) is 4.58. The summed E-state index contributed by atoms with van der Waals surface area (Å²) in [6.45, 7) is 3.18. The Morgan fingerprint density at radius 1 is 1.16 bits per heavy atom. The van der Waals surface area contributed by atoms with E-state index in [2.05, 4.69) is 0 Å². The molecule has 1 unspecified atom stereocenters. The summed E-state index contributed by atoms with van der Waals surface area (Å²) in [5.74, 6) is 0. The second-order valence-electron chi connectivity index (χ2n) is 5.39. The Bertz CT molecular complexity index is 553. The molecule has 2 aliphatic rings. The third-order valence-corrected chi connectivity index (χ3v) is 6.04. The maximum absolute atomic E-state index is 12.8. The van der Waals surface area contributed by atoms with Crippen molar-refractivity contribution in [2.75, 3.05) is 13.2 Å². The molecule has 2 fully saturated rings. The van der Waals surface area contributed by atoms with E-state index in [9.17, 15) is 8.42 Å². The van der Waals surface area contributed by atoms with Crippen LogP contribution in [-0.2, 0) is 14.8 Å². The Balaban J connectivity index is 1.98. The molecule has 1 aromatic carbocycles. The van der Waals surface area contributed by atoms with Gasteiger partial charge in [-0.05, 0) is 44.7 Å². The largest absolute Gasteiger partial charge is 0.359 e. The van der Waals surface area contributed by atoms with Crippen molar-refractivity contribution in [2.24, 2.45) is 0 Å². The van der Waals surface area contributed by atoms with Gasteiger partial charge >= 0.3 is 0 Å². The van der Waals surface area contributed by atoms with Gasteiger partial charge in [-0.25, -0.2) is 8.42 Å². The van der Waals surface area contributed by atoms with Gasteiger partial charge in [0.1, 0.15) is 5.72 Å². The molecule has 2 saturated heterocycles. The zero-order valence-electron chi connectivity index (χ0n) is 11.1. The Morgan fingerprint density at radius 2 is 1.84 bits per heavy atom. The number of nitrogens with zero attached hydrogens (tertiary/aromatic N) is 1. The SMILES string of the molecule is Cc1ccc(S(=O)(=O)N2CCCC23CCCO3)cc1. The van der Waals surface area contributed by atoms with Crippen LogP contribution in [0.3, 0.4) is 0 Å². The maximum atomic E-state index is 12.8. The van der Waals surface area contributed by atoms with E-state index in [0.29, 0.717) is 18.0 Å². The lowest BCUT2D eigenvalue weighted by molar-refractivity contribution is -0.0580. The number of ether oxygens (including phenoxy) is 1. The summed E-state index contributed by atoms with van der Waals surface area (Å²) in [6, 6.07) is 7.05. The van der Waals surface area contributed by atoms with Crippen molar-refractivity contribution in [1.82, 2.24) is 4.31 Å². The van der Waals surface area contributed by atoms with Crippen LogP contribution in [0.25, 0.3) is 0 Å². The lowest BCUT2D eigenvalue weighted by Gasteiger charge is -2.33. The Hall–Kier alpha value is -0.910. The first kappa shape index (κ1) is 13.1. The average molecular weight is 281 g/mol. The van der Waals surface area contributed by atoms with Crippen molar-refractivity contribution in [1.29, 1.82) is 0 Å². The normalized spacial score (nSPS) is 28.3. The summed E-state index contributed by atoms with van der Waals surface area (Å²) >= 11 is 0. The van der Waals surface area contributed by atoms with Crippen molar-refractivity contribution >= 4 is 10.0 Å². The number of sulfonamides is 1. The zero-order valence-corrected chi connectivity index (χ0v) is 11.9. The molecule has 104 valence electrons. The van der Waals surface area contributed by atoms with Crippen LogP contribution < -0.4 is 0 Å². The molecule has 1 aromatic rings. The highest BCUT2D eigenvalue weighted by molar-refractivity contribution is 7.89. The van der Waals surface area contributed by atoms with E-state index < -0.39 is 15.7 Å². The molecular formula is C14H19NO3S. The molecule has 0 aliphatic carbocycles. The molecule has 1 spiro atoms. The summed E-state index contributed by atoms with van der Waals surface area (Å²) < 4.78 is 32.9. The highest BCUT2D eigenvalue weighted by Gasteiger charge is 2.50. The summed E-state index contributed by atoms with van der Waals surface area (Å²) in [6.07, 6.45) is 3.46. The summed E-state index contributed by atoms with van der Waals surface area (Å²) in [7, 11) is -3.44. The predicted molar refractivity (Wildman–Crippen MR) is 72.2 cm³/mol. The van der Waals surface area contributed by atoms with Gasteiger partial charge in [-0.1, -0.05) is 17.7 Å². The zero-order chi connectivity index (χ0) is 13.5. The Kier molecular flexibility index (Phi) is 3.15. The van der Waals surface area contributed by atoms with Crippen molar-refractivity contribution < 1.29 is 13.2 Å². The minimum Gasteiger partial charge on any atom is -0.359 e. The summed E-state index contributed by atoms with van der Waals surface area (Å²) in [5, 5.41) is 0. The fourth-order valence-electron chi connectivity index (χ4n) is 3.08. The quantitative estimate of drug-likeness (QED) is 0.835. The van der Waals surface area contributed by atoms with Crippen molar-refractivity contribution in [3.63, 3.8) is 0 Å². The third-order valence-electron chi connectivity index (χ3n) is 4.07. The summed E-state index contributed by atoms with van der Waals surface area (Å²) in [4.78, 5) is 0.370. The number of hydrogen-bond donors (Lipinski definition) is 0. The molecule has 1 atom stereocenters. The third kappa shape index (κ3) is 2.10. The molecule has 19 heavy (non-hydrogen) atoms. The molecule has 2 heterocycles. The highest BCUT2D eigenvalue weighted by atomic mass is 32.2. The minimum atomic E-state index is -3.44. The van der Waals surface area contributed by atoms with E-state index in [1.165, 1.54) is 0 Å². The molecule has 5 heteroatoms. The molecule has 0 aromatic heterocycles. The Morgan fingerprint density at radius 3 is 2.47 bits per heavy atom. The predicted octanol–water partition coefficient (Wildman–Crippen LogP) is 2.29. The van der Waals surface area contributed by atoms with Crippen LogP contribution >= 0.6 is 0 Å². The van der Waals surface area contributed by atoms with Crippen molar-refractivity contribution in [3.8, 4) is 0 Å². The molecule has 3 rings (SSSR count). The van der Waals surface area contributed by atoms with E-state index in [1.54, 1.807) is 16.4 Å². The molecule has 0 bridgehead atoms. The van der Waals surface area contributed by atoms with Crippen molar-refractivity contribution in [2.45, 2.75) is 43.2 Å². The van der Waals surface area contributed by atoms with E-state index >= 15 is 0 Å². The van der Waals surface area contributed by atoms with Gasteiger partial charge < -0.3 is 4.74 Å². The van der Waals surface area contributed by atoms with E-state index in [1.807, 2.05) is 19.1 Å². The van der Waals surface area contributed by atoms with Crippen LogP contribution in [0, 0.1) is 6.92 Å². The monoisotopic (exact) mass is 281 g/mol. The molecule has 4 nitrogen and oxygen atoms in total. The highest BCUT2D eigenvalue weighted by Crippen LogP contribution is 2.42. The molecule has 0 amide bonds. The second-order valence-corrected chi connectivity index (χ2v) is 7.25. The van der Waals surface area contributed by atoms with Gasteiger partial charge in [-0.3, -0.25) is 0 Å².